The van der Waals surface area contributed by atoms with Gasteiger partial charge in [-0.2, -0.15) is 0 Å². The van der Waals surface area contributed by atoms with E-state index in [-0.39, 0.29) is 5.91 Å². The largest absolute Gasteiger partial charge is 0.481 e. The molecule has 1 aromatic carbocycles. The van der Waals surface area contributed by atoms with E-state index in [4.69, 9.17) is 4.74 Å². The number of nitrogens with one attached hydrogen (secondary N) is 1. The van der Waals surface area contributed by atoms with Crippen molar-refractivity contribution in [3.8, 4) is 5.75 Å². The van der Waals surface area contributed by atoms with Crippen LogP contribution in [-0.2, 0) is 4.79 Å². The Morgan fingerprint density at radius 3 is 2.82 bits per heavy atom. The van der Waals surface area contributed by atoms with Gasteiger partial charge in [-0.15, -0.1) is 0 Å². The molecule has 1 atom stereocenters. The van der Waals surface area contributed by atoms with Gasteiger partial charge in [0.1, 0.15) is 5.75 Å². The monoisotopic (exact) mass is 304 g/mol. The highest BCUT2D eigenvalue weighted by molar-refractivity contribution is 5.80. The molecule has 0 aliphatic carbocycles. The fourth-order valence-electron chi connectivity index (χ4n) is 2.84. The van der Waals surface area contributed by atoms with Crippen LogP contribution in [0.4, 0.5) is 0 Å². The second kappa shape index (κ2) is 8.18. The Hall–Kier alpha value is -1.55. The minimum Gasteiger partial charge on any atom is -0.481 e. The summed E-state index contributed by atoms with van der Waals surface area (Å²) in [5.74, 6) is 1.46. The van der Waals surface area contributed by atoms with Gasteiger partial charge in [0.15, 0.2) is 6.10 Å². The van der Waals surface area contributed by atoms with Crippen molar-refractivity contribution in [3.63, 3.8) is 0 Å². The van der Waals surface area contributed by atoms with Crippen LogP contribution in [0.3, 0.4) is 0 Å². The third kappa shape index (κ3) is 5.34. The molecule has 0 saturated carbocycles. The first-order valence-corrected chi connectivity index (χ1v) is 8.24. The van der Waals surface area contributed by atoms with Crippen LogP contribution in [-0.4, -0.2) is 43.6 Å². The van der Waals surface area contributed by atoms with Crippen LogP contribution in [0.2, 0.25) is 0 Å². The molecule has 122 valence electrons. The lowest BCUT2D eigenvalue weighted by atomic mass is 9.94. The second-order valence-corrected chi connectivity index (χ2v) is 6.40. The Morgan fingerprint density at radius 1 is 1.41 bits per heavy atom. The van der Waals surface area contributed by atoms with Crippen molar-refractivity contribution >= 4 is 5.91 Å². The highest BCUT2D eigenvalue weighted by atomic mass is 16.5. The maximum absolute atomic E-state index is 12.1. The van der Waals surface area contributed by atoms with Crippen LogP contribution in [0.15, 0.2) is 24.3 Å². The summed E-state index contributed by atoms with van der Waals surface area (Å²) in [6, 6.07) is 7.78. The van der Waals surface area contributed by atoms with Crippen molar-refractivity contribution in [1.82, 2.24) is 10.2 Å². The Kier molecular flexibility index (Phi) is 6.25. The fourth-order valence-corrected chi connectivity index (χ4v) is 2.84. The first-order chi connectivity index (χ1) is 10.5. The molecule has 1 fully saturated rings. The standard InChI is InChI=1S/C18H28N2O2/c1-14-5-4-6-17(13-14)22-15(2)18(21)19-10-7-16-8-11-20(3)12-9-16/h4-6,13,15-16H,7-12H2,1-3H3,(H,19,21). The number of ether oxygens (including phenoxy) is 1. The van der Waals surface area contributed by atoms with Gasteiger partial charge in [0.2, 0.25) is 0 Å². The number of benzene rings is 1. The van der Waals surface area contributed by atoms with Crippen molar-refractivity contribution in [2.45, 2.75) is 39.2 Å². The molecule has 2 rings (SSSR count). The smallest absolute Gasteiger partial charge is 0.260 e. The number of nitrogens with zero attached hydrogens (tertiary/aromatic N) is 1. The number of rotatable bonds is 6. The van der Waals surface area contributed by atoms with Crippen LogP contribution in [0.25, 0.3) is 0 Å². The number of hydrogen-bond donors (Lipinski definition) is 1. The maximum atomic E-state index is 12.1. The van der Waals surface area contributed by atoms with E-state index in [1.807, 2.05) is 31.2 Å². The minimum atomic E-state index is -0.459. The second-order valence-electron chi connectivity index (χ2n) is 6.40. The number of hydrogen-bond acceptors (Lipinski definition) is 3. The lowest BCUT2D eigenvalue weighted by Gasteiger charge is -2.29. The molecule has 1 heterocycles. The molecule has 0 aromatic heterocycles. The van der Waals surface area contributed by atoms with Gasteiger partial charge in [-0.1, -0.05) is 12.1 Å². The van der Waals surface area contributed by atoms with E-state index in [0.29, 0.717) is 0 Å². The Labute approximate surface area is 133 Å². The van der Waals surface area contributed by atoms with Crippen LogP contribution >= 0.6 is 0 Å². The molecular formula is C18H28N2O2. The predicted octanol–water partition coefficient (Wildman–Crippen LogP) is 2.61. The molecule has 0 bridgehead atoms. The molecule has 1 amide bonds. The normalized spacial score (nSPS) is 18.0. The van der Waals surface area contributed by atoms with E-state index in [9.17, 15) is 4.79 Å². The van der Waals surface area contributed by atoms with Crippen LogP contribution in [0.1, 0.15) is 31.7 Å². The van der Waals surface area contributed by atoms with E-state index in [1.54, 1.807) is 6.92 Å². The Morgan fingerprint density at radius 2 is 2.14 bits per heavy atom. The summed E-state index contributed by atoms with van der Waals surface area (Å²) in [5, 5.41) is 3.00. The number of piperidine rings is 1. The lowest BCUT2D eigenvalue weighted by molar-refractivity contribution is -0.127. The highest BCUT2D eigenvalue weighted by Gasteiger charge is 2.18. The molecule has 1 saturated heterocycles. The molecule has 4 heteroatoms. The van der Waals surface area contributed by atoms with E-state index < -0.39 is 6.10 Å². The summed E-state index contributed by atoms with van der Waals surface area (Å²) in [5.41, 5.74) is 1.13. The number of carbonyl (C=O) groups is 1. The number of carbonyl (C=O) groups excluding carboxylic acids is 1. The highest BCUT2D eigenvalue weighted by Crippen LogP contribution is 2.19. The fraction of sp³-hybridized carbons (Fsp3) is 0.611. The van der Waals surface area contributed by atoms with Gasteiger partial charge in [-0.3, -0.25) is 4.79 Å². The van der Waals surface area contributed by atoms with Crippen LogP contribution in [0.5, 0.6) is 5.75 Å². The summed E-state index contributed by atoms with van der Waals surface area (Å²) in [6.45, 7) is 6.90. The third-order valence-electron chi connectivity index (χ3n) is 4.36. The maximum Gasteiger partial charge on any atom is 0.260 e. The van der Waals surface area contributed by atoms with Gasteiger partial charge < -0.3 is 15.0 Å². The predicted molar refractivity (Wildman–Crippen MR) is 89.1 cm³/mol. The average molecular weight is 304 g/mol. The topological polar surface area (TPSA) is 41.6 Å². The number of likely N-dealkylation sites (tertiary alicyclic amines) is 1. The van der Waals surface area contributed by atoms with Crippen LogP contribution < -0.4 is 10.1 Å². The quantitative estimate of drug-likeness (QED) is 0.878. The van der Waals surface area contributed by atoms with Crippen molar-refractivity contribution in [2.75, 3.05) is 26.7 Å². The zero-order chi connectivity index (χ0) is 15.9. The molecule has 1 aliphatic heterocycles. The first-order valence-electron chi connectivity index (χ1n) is 8.24. The van der Waals surface area contributed by atoms with Gasteiger partial charge in [0, 0.05) is 6.54 Å². The summed E-state index contributed by atoms with van der Waals surface area (Å²) in [6.07, 6.45) is 3.08. The van der Waals surface area contributed by atoms with Crippen molar-refractivity contribution < 1.29 is 9.53 Å². The Balaban J connectivity index is 1.68. The average Bonchev–Trinajstić information content (AvgIpc) is 2.49. The van der Waals surface area contributed by atoms with Crippen molar-refractivity contribution in [1.29, 1.82) is 0 Å². The first kappa shape index (κ1) is 16.8. The summed E-state index contributed by atoms with van der Waals surface area (Å²) in [7, 11) is 2.17. The Bertz CT molecular complexity index is 482. The van der Waals surface area contributed by atoms with E-state index in [1.165, 1.54) is 25.9 Å². The van der Waals surface area contributed by atoms with Crippen molar-refractivity contribution in [3.05, 3.63) is 29.8 Å². The van der Waals surface area contributed by atoms with Gasteiger partial charge >= 0.3 is 0 Å². The zero-order valence-corrected chi connectivity index (χ0v) is 14.0. The molecule has 22 heavy (non-hydrogen) atoms. The number of amides is 1. The molecule has 1 unspecified atom stereocenters. The molecule has 0 radical (unpaired) electrons. The summed E-state index contributed by atoms with van der Waals surface area (Å²) >= 11 is 0. The van der Waals surface area contributed by atoms with Gasteiger partial charge in [0.25, 0.3) is 5.91 Å². The molecule has 0 spiro atoms. The van der Waals surface area contributed by atoms with Gasteiger partial charge in [0.05, 0.1) is 0 Å². The van der Waals surface area contributed by atoms with Crippen LogP contribution in [0, 0.1) is 12.8 Å². The molecular weight excluding hydrogens is 276 g/mol. The molecule has 4 nitrogen and oxygen atoms in total. The van der Waals surface area contributed by atoms with Crippen molar-refractivity contribution in [2.24, 2.45) is 5.92 Å². The minimum absolute atomic E-state index is 0.0329. The molecule has 1 N–H and O–H groups in total. The lowest BCUT2D eigenvalue weighted by Crippen LogP contribution is -2.38. The number of aryl methyl sites for hydroxylation is 1. The third-order valence-corrected chi connectivity index (χ3v) is 4.36. The molecule has 1 aliphatic rings. The molecule has 1 aromatic rings. The van der Waals surface area contributed by atoms with E-state index in [0.717, 1.165) is 30.2 Å². The van der Waals surface area contributed by atoms with E-state index >= 15 is 0 Å². The van der Waals surface area contributed by atoms with E-state index in [2.05, 4.69) is 17.3 Å². The summed E-state index contributed by atoms with van der Waals surface area (Å²) < 4.78 is 5.69. The zero-order valence-electron chi connectivity index (χ0n) is 14.0. The SMILES string of the molecule is Cc1cccc(OC(C)C(=O)NCCC2CCN(C)CC2)c1. The van der Waals surface area contributed by atoms with Gasteiger partial charge in [-0.05, 0) is 76.9 Å². The van der Waals surface area contributed by atoms with Gasteiger partial charge in [-0.25, -0.2) is 0 Å². The summed E-state index contributed by atoms with van der Waals surface area (Å²) in [4.78, 5) is 14.4.